The second-order valence-electron chi connectivity index (χ2n) is 6.84. The van der Waals surface area contributed by atoms with Gasteiger partial charge >= 0.3 is 0 Å². The van der Waals surface area contributed by atoms with Gasteiger partial charge in [-0.1, -0.05) is 30.3 Å². The van der Waals surface area contributed by atoms with E-state index in [0.717, 1.165) is 22.3 Å². The number of carbonyl (C=O) groups is 1. The number of para-hydroxylation sites is 1. The molecule has 0 unspecified atom stereocenters. The lowest BCUT2D eigenvalue weighted by atomic mass is 10.1. The van der Waals surface area contributed by atoms with Crippen LogP contribution < -0.4 is 5.32 Å². The van der Waals surface area contributed by atoms with Gasteiger partial charge in [-0.3, -0.25) is 4.79 Å². The minimum atomic E-state index is -3.19. The molecular weight excluding hydrogens is 362 g/mol. The van der Waals surface area contributed by atoms with Crippen LogP contribution in [0.25, 0.3) is 11.0 Å². The molecule has 0 saturated carbocycles. The summed E-state index contributed by atoms with van der Waals surface area (Å²) in [7, 11) is -3.19. The lowest BCUT2D eigenvalue weighted by molar-refractivity contribution is -0.121. The third-order valence-electron chi connectivity index (χ3n) is 4.38. The lowest BCUT2D eigenvalue weighted by Gasteiger charge is -2.12. The Kier molecular flexibility index (Phi) is 5.65. The van der Waals surface area contributed by atoms with Crippen LogP contribution in [0.4, 0.5) is 0 Å². The smallest absolute Gasteiger partial charge is 0.220 e. The van der Waals surface area contributed by atoms with Crippen LogP contribution in [0.2, 0.25) is 0 Å². The molecule has 27 heavy (non-hydrogen) atoms. The first-order valence-electron chi connectivity index (χ1n) is 8.87. The van der Waals surface area contributed by atoms with Crippen molar-refractivity contribution in [2.75, 3.05) is 6.26 Å². The van der Waals surface area contributed by atoms with E-state index in [0.29, 0.717) is 19.3 Å². The fourth-order valence-electron chi connectivity index (χ4n) is 3.00. The van der Waals surface area contributed by atoms with Gasteiger partial charge in [0, 0.05) is 30.5 Å². The molecule has 3 rings (SSSR count). The number of hydrogen-bond donors (Lipinski definition) is 1. The Morgan fingerprint density at radius 1 is 1.11 bits per heavy atom. The summed E-state index contributed by atoms with van der Waals surface area (Å²) < 4.78 is 28.7. The lowest BCUT2D eigenvalue weighted by Crippen LogP contribution is -2.34. The first-order valence-corrected chi connectivity index (χ1v) is 10.8. The van der Waals surface area contributed by atoms with Gasteiger partial charge in [-0.25, -0.2) is 8.42 Å². The van der Waals surface area contributed by atoms with Crippen LogP contribution in [0, 0.1) is 0 Å². The zero-order valence-corrected chi connectivity index (χ0v) is 16.3. The molecule has 142 valence electrons. The van der Waals surface area contributed by atoms with Crippen molar-refractivity contribution in [3.8, 4) is 0 Å². The molecule has 6 heteroatoms. The molecular formula is C21H23NO4S. The van der Waals surface area contributed by atoms with E-state index < -0.39 is 9.84 Å². The van der Waals surface area contributed by atoms with E-state index in [2.05, 4.69) is 5.32 Å². The van der Waals surface area contributed by atoms with Gasteiger partial charge in [-0.15, -0.1) is 0 Å². The molecule has 0 aliphatic rings. The summed E-state index contributed by atoms with van der Waals surface area (Å²) in [6.45, 7) is 1.95. The quantitative estimate of drug-likeness (QED) is 0.675. The van der Waals surface area contributed by atoms with Crippen molar-refractivity contribution < 1.29 is 17.6 Å². The first kappa shape index (κ1) is 19.2. The monoisotopic (exact) mass is 385 g/mol. The number of carbonyl (C=O) groups excluding carboxylic acids is 1. The fraction of sp³-hybridized carbons (Fsp3) is 0.286. The van der Waals surface area contributed by atoms with Crippen LogP contribution in [0.1, 0.15) is 24.7 Å². The van der Waals surface area contributed by atoms with Crippen molar-refractivity contribution in [1.82, 2.24) is 5.32 Å². The topological polar surface area (TPSA) is 76.4 Å². The second-order valence-corrected chi connectivity index (χ2v) is 8.86. The third kappa shape index (κ3) is 5.20. The molecule has 1 atom stereocenters. The number of rotatable bonds is 7. The minimum absolute atomic E-state index is 0.0363. The van der Waals surface area contributed by atoms with Gasteiger partial charge in [-0.05, 0) is 43.2 Å². The van der Waals surface area contributed by atoms with Crippen LogP contribution in [0.3, 0.4) is 0 Å². The van der Waals surface area contributed by atoms with Crippen LogP contribution in [-0.2, 0) is 27.5 Å². The van der Waals surface area contributed by atoms with E-state index in [1.807, 2.05) is 37.3 Å². The summed E-state index contributed by atoms with van der Waals surface area (Å²) in [5.74, 6) is 0.811. The molecule has 5 nitrogen and oxygen atoms in total. The van der Waals surface area contributed by atoms with Gasteiger partial charge in [-0.2, -0.15) is 0 Å². The number of amides is 1. The van der Waals surface area contributed by atoms with Gasteiger partial charge in [0.1, 0.15) is 11.3 Å². The number of furan rings is 1. The van der Waals surface area contributed by atoms with Crippen molar-refractivity contribution in [2.45, 2.75) is 37.1 Å². The zero-order valence-electron chi connectivity index (χ0n) is 15.4. The molecule has 1 aromatic heterocycles. The average molecular weight is 385 g/mol. The molecule has 2 aromatic carbocycles. The highest BCUT2D eigenvalue weighted by Crippen LogP contribution is 2.19. The zero-order chi connectivity index (χ0) is 19.4. The summed E-state index contributed by atoms with van der Waals surface area (Å²) >= 11 is 0. The summed E-state index contributed by atoms with van der Waals surface area (Å²) in [6.07, 6.45) is 2.72. The first-order chi connectivity index (χ1) is 12.8. The highest BCUT2D eigenvalue weighted by atomic mass is 32.2. The molecule has 0 spiro atoms. The van der Waals surface area contributed by atoms with Crippen molar-refractivity contribution in [1.29, 1.82) is 0 Å². The van der Waals surface area contributed by atoms with Gasteiger partial charge in [0.05, 0.1) is 4.90 Å². The second kappa shape index (κ2) is 7.96. The van der Waals surface area contributed by atoms with E-state index in [1.54, 1.807) is 24.3 Å². The van der Waals surface area contributed by atoms with Crippen LogP contribution in [-0.4, -0.2) is 26.6 Å². The van der Waals surface area contributed by atoms with E-state index in [4.69, 9.17) is 4.42 Å². The van der Waals surface area contributed by atoms with Crippen LogP contribution in [0.15, 0.2) is 63.9 Å². The van der Waals surface area contributed by atoms with Gasteiger partial charge in [0.25, 0.3) is 0 Å². The number of aryl methyl sites for hydroxylation is 1. The third-order valence-corrected chi connectivity index (χ3v) is 5.51. The molecule has 0 aliphatic carbocycles. The largest absolute Gasteiger partial charge is 0.461 e. The van der Waals surface area contributed by atoms with E-state index in [-0.39, 0.29) is 16.8 Å². The average Bonchev–Trinajstić information content (AvgIpc) is 3.01. The summed E-state index contributed by atoms with van der Waals surface area (Å²) in [5, 5.41) is 4.04. The predicted molar refractivity (Wildman–Crippen MR) is 105 cm³/mol. The number of benzene rings is 2. The normalized spacial score (nSPS) is 12.8. The Morgan fingerprint density at radius 3 is 2.48 bits per heavy atom. The molecule has 1 heterocycles. The van der Waals surface area contributed by atoms with Crippen molar-refractivity contribution >= 4 is 26.7 Å². The molecule has 0 aliphatic heterocycles. The number of fused-ring (bicyclic) bond motifs is 1. The molecule has 0 fully saturated rings. The Morgan fingerprint density at radius 2 is 1.81 bits per heavy atom. The number of hydrogen-bond acceptors (Lipinski definition) is 4. The highest BCUT2D eigenvalue weighted by molar-refractivity contribution is 7.90. The number of nitrogens with one attached hydrogen (secondary N) is 1. The van der Waals surface area contributed by atoms with Crippen molar-refractivity contribution in [3.63, 3.8) is 0 Å². The Balaban J connectivity index is 1.49. The Bertz CT molecular complexity index is 1000. The summed E-state index contributed by atoms with van der Waals surface area (Å²) in [6, 6.07) is 16.4. The maximum Gasteiger partial charge on any atom is 0.220 e. The summed E-state index contributed by atoms with van der Waals surface area (Å²) in [5.41, 5.74) is 1.78. The van der Waals surface area contributed by atoms with E-state index >= 15 is 0 Å². The van der Waals surface area contributed by atoms with Crippen LogP contribution >= 0.6 is 0 Å². The minimum Gasteiger partial charge on any atom is -0.461 e. The van der Waals surface area contributed by atoms with Gasteiger partial charge in [0.15, 0.2) is 9.84 Å². The molecule has 0 bridgehead atoms. The molecule has 3 aromatic rings. The Labute approximate surface area is 159 Å². The predicted octanol–water partition coefficient (Wildman–Crippen LogP) is 3.52. The van der Waals surface area contributed by atoms with Gasteiger partial charge < -0.3 is 9.73 Å². The molecule has 1 N–H and O–H groups in total. The fourth-order valence-corrected chi connectivity index (χ4v) is 3.63. The summed E-state index contributed by atoms with van der Waals surface area (Å²) in [4.78, 5) is 12.5. The SMILES string of the molecule is C[C@@H](Cc1cc2ccccc2o1)NC(=O)CCc1ccc(S(C)(=O)=O)cc1. The molecule has 0 radical (unpaired) electrons. The maximum atomic E-state index is 12.2. The van der Waals surface area contributed by atoms with Crippen molar-refractivity contribution in [2.24, 2.45) is 0 Å². The maximum absolute atomic E-state index is 12.2. The van der Waals surface area contributed by atoms with Crippen molar-refractivity contribution in [3.05, 3.63) is 65.9 Å². The van der Waals surface area contributed by atoms with Crippen LogP contribution in [0.5, 0.6) is 0 Å². The van der Waals surface area contributed by atoms with Gasteiger partial charge in [0.2, 0.25) is 5.91 Å². The van der Waals surface area contributed by atoms with E-state index in [9.17, 15) is 13.2 Å². The van der Waals surface area contributed by atoms with E-state index in [1.165, 1.54) is 6.26 Å². The standard InChI is InChI=1S/C21H23NO4S/c1-15(13-18-14-17-5-3-4-6-20(17)26-18)22-21(23)12-9-16-7-10-19(11-8-16)27(2,24)25/h3-8,10-11,14-15H,9,12-13H2,1-2H3,(H,22,23)/t15-/m0/s1. The molecule has 1 amide bonds. The number of sulfone groups is 1. The molecule has 0 saturated heterocycles. The Hall–Kier alpha value is -2.60. The highest BCUT2D eigenvalue weighted by Gasteiger charge is 2.12.